The number of rotatable bonds is 7. The molecule has 1 aromatic carbocycles. The Morgan fingerprint density at radius 3 is 2.57 bits per heavy atom. The molecule has 2 N–H and O–H groups in total. The molecule has 0 amide bonds. The molecule has 9 heteroatoms. The average molecular weight is 311 g/mol. The molecule has 2 aromatic rings. The third-order valence-electron chi connectivity index (χ3n) is 2.64. The van der Waals surface area contributed by atoms with Gasteiger partial charge < -0.3 is 9.63 Å². The summed E-state index contributed by atoms with van der Waals surface area (Å²) in [7, 11) is -3.64. The summed E-state index contributed by atoms with van der Waals surface area (Å²) in [5.41, 5.74) is 0.535. The van der Waals surface area contributed by atoms with Gasteiger partial charge in [-0.05, 0) is 17.7 Å². The van der Waals surface area contributed by atoms with Crippen LogP contribution in [0.25, 0.3) is 0 Å². The van der Waals surface area contributed by atoms with Gasteiger partial charge in [-0.1, -0.05) is 17.3 Å². The number of sulfonamides is 1. The van der Waals surface area contributed by atoms with Gasteiger partial charge in [0, 0.05) is 13.0 Å². The number of carboxylic acid groups (broad SMARTS) is 1. The van der Waals surface area contributed by atoms with Crippen molar-refractivity contribution in [1.29, 1.82) is 0 Å². The predicted molar refractivity (Wildman–Crippen MR) is 71.0 cm³/mol. The lowest BCUT2D eigenvalue weighted by Crippen LogP contribution is -2.26. The van der Waals surface area contributed by atoms with Gasteiger partial charge in [0.2, 0.25) is 16.4 Å². The van der Waals surface area contributed by atoms with Gasteiger partial charge in [0.05, 0.1) is 11.3 Å². The van der Waals surface area contributed by atoms with Gasteiger partial charge >= 0.3 is 5.97 Å². The fourth-order valence-corrected chi connectivity index (χ4v) is 2.68. The zero-order chi connectivity index (χ0) is 15.3. The number of nitrogens with one attached hydrogen (secondary N) is 1. The van der Waals surface area contributed by atoms with Crippen LogP contribution in [0.4, 0.5) is 0 Å². The molecule has 0 spiro atoms. The highest BCUT2D eigenvalue weighted by Crippen LogP contribution is 2.11. The van der Waals surface area contributed by atoms with Crippen LogP contribution in [-0.2, 0) is 27.7 Å². The molecule has 8 nitrogen and oxygen atoms in total. The molecule has 1 aromatic heterocycles. The third-order valence-corrected chi connectivity index (χ3v) is 4.11. The number of nitrogens with zero attached hydrogens (tertiary/aromatic N) is 2. The SMILES string of the molecule is O=C(O)Cc1ccc(S(=O)(=O)NCCc2ncon2)cc1. The quantitative estimate of drug-likeness (QED) is 0.749. The van der Waals surface area contributed by atoms with E-state index in [1.54, 1.807) is 0 Å². The Kier molecular flexibility index (Phi) is 4.66. The minimum Gasteiger partial charge on any atom is -0.481 e. The maximum Gasteiger partial charge on any atom is 0.307 e. The van der Waals surface area contributed by atoms with Crippen LogP contribution >= 0.6 is 0 Å². The van der Waals surface area contributed by atoms with Crippen molar-refractivity contribution in [3.8, 4) is 0 Å². The van der Waals surface area contributed by atoms with E-state index in [4.69, 9.17) is 5.11 Å². The van der Waals surface area contributed by atoms with E-state index in [0.717, 1.165) is 0 Å². The number of carboxylic acids is 1. The summed E-state index contributed by atoms with van der Waals surface area (Å²) in [5, 5.41) is 12.2. The van der Waals surface area contributed by atoms with Crippen LogP contribution in [0.1, 0.15) is 11.4 Å². The molecule has 0 unspecified atom stereocenters. The highest BCUT2D eigenvalue weighted by atomic mass is 32.2. The van der Waals surface area contributed by atoms with Gasteiger partial charge in [-0.15, -0.1) is 0 Å². The lowest BCUT2D eigenvalue weighted by atomic mass is 10.2. The Balaban J connectivity index is 1.96. The smallest absolute Gasteiger partial charge is 0.307 e. The normalized spacial score (nSPS) is 11.4. The fourth-order valence-electron chi connectivity index (χ4n) is 1.64. The number of hydrogen-bond donors (Lipinski definition) is 2. The summed E-state index contributed by atoms with van der Waals surface area (Å²) in [6.07, 6.45) is 1.34. The topological polar surface area (TPSA) is 122 Å². The van der Waals surface area contributed by atoms with Crippen LogP contribution in [0.15, 0.2) is 40.1 Å². The molecule has 0 atom stereocenters. The van der Waals surface area contributed by atoms with Crippen LogP contribution < -0.4 is 4.72 Å². The van der Waals surface area contributed by atoms with Crippen molar-refractivity contribution in [3.63, 3.8) is 0 Å². The summed E-state index contributed by atoms with van der Waals surface area (Å²) in [6, 6.07) is 5.69. The van der Waals surface area contributed by atoms with Crippen LogP contribution in [-0.4, -0.2) is 36.2 Å². The molecule has 0 aliphatic carbocycles. The highest BCUT2D eigenvalue weighted by Gasteiger charge is 2.14. The number of carbonyl (C=O) groups is 1. The van der Waals surface area contributed by atoms with Gasteiger partial charge in [0.15, 0.2) is 5.82 Å². The average Bonchev–Trinajstić information content (AvgIpc) is 2.91. The van der Waals surface area contributed by atoms with Crippen molar-refractivity contribution in [2.24, 2.45) is 0 Å². The molecule has 0 bridgehead atoms. The minimum absolute atomic E-state index is 0.0738. The Labute approximate surface area is 120 Å². The van der Waals surface area contributed by atoms with Gasteiger partial charge in [-0.25, -0.2) is 13.1 Å². The molecule has 0 saturated carbocycles. The number of aromatic nitrogens is 2. The Morgan fingerprint density at radius 2 is 2.00 bits per heavy atom. The largest absolute Gasteiger partial charge is 0.481 e. The Hall–Kier alpha value is -2.26. The zero-order valence-electron chi connectivity index (χ0n) is 10.9. The second kappa shape index (κ2) is 6.46. The van der Waals surface area contributed by atoms with Gasteiger partial charge in [0.1, 0.15) is 0 Å². The van der Waals surface area contributed by atoms with Crippen molar-refractivity contribution in [1.82, 2.24) is 14.9 Å². The number of aliphatic carboxylic acids is 1. The first-order chi connectivity index (χ1) is 9.97. The van der Waals surface area contributed by atoms with E-state index in [2.05, 4.69) is 19.4 Å². The molecule has 0 aliphatic heterocycles. The maximum absolute atomic E-state index is 12.0. The fraction of sp³-hybridized carbons (Fsp3) is 0.250. The molecule has 0 saturated heterocycles. The molecule has 112 valence electrons. The van der Waals surface area contributed by atoms with E-state index < -0.39 is 16.0 Å². The second-order valence-electron chi connectivity index (χ2n) is 4.21. The number of benzene rings is 1. The van der Waals surface area contributed by atoms with E-state index in [1.807, 2.05) is 0 Å². The molecule has 0 radical (unpaired) electrons. The van der Waals surface area contributed by atoms with Crippen molar-refractivity contribution in [2.45, 2.75) is 17.7 Å². The molecule has 0 fully saturated rings. The summed E-state index contributed by atoms with van der Waals surface area (Å²) < 4.78 is 31.0. The van der Waals surface area contributed by atoms with E-state index in [9.17, 15) is 13.2 Å². The number of hydrogen-bond acceptors (Lipinski definition) is 6. The Bertz CT molecular complexity index is 695. The lowest BCUT2D eigenvalue weighted by molar-refractivity contribution is -0.136. The van der Waals surface area contributed by atoms with Gasteiger partial charge in [-0.2, -0.15) is 4.98 Å². The molecule has 0 aliphatic rings. The molecule has 1 heterocycles. The van der Waals surface area contributed by atoms with Gasteiger partial charge in [-0.3, -0.25) is 4.79 Å². The predicted octanol–water partition coefficient (Wildman–Crippen LogP) is 0.218. The molecule has 21 heavy (non-hydrogen) atoms. The van der Waals surface area contributed by atoms with Crippen LogP contribution in [0.5, 0.6) is 0 Å². The second-order valence-corrected chi connectivity index (χ2v) is 5.98. The van der Waals surface area contributed by atoms with Crippen molar-refractivity contribution < 1.29 is 22.8 Å². The highest BCUT2D eigenvalue weighted by molar-refractivity contribution is 7.89. The standard InChI is InChI=1S/C12H13N3O5S/c16-12(17)7-9-1-3-10(4-2-9)21(18,19)14-6-5-11-13-8-20-15-11/h1-4,8,14H,5-7H2,(H,16,17). The summed E-state index contributed by atoms with van der Waals surface area (Å²) in [6.45, 7) is 0.138. The zero-order valence-corrected chi connectivity index (χ0v) is 11.7. The molecule has 2 rings (SSSR count). The first-order valence-electron chi connectivity index (χ1n) is 6.03. The first-order valence-corrected chi connectivity index (χ1v) is 7.51. The van der Waals surface area contributed by atoms with Gasteiger partial charge in [0.25, 0.3) is 0 Å². The van der Waals surface area contributed by atoms with Crippen LogP contribution in [0.3, 0.4) is 0 Å². The van der Waals surface area contributed by atoms with Crippen molar-refractivity contribution in [3.05, 3.63) is 42.0 Å². The Morgan fingerprint density at radius 1 is 1.29 bits per heavy atom. The van der Waals surface area contributed by atoms with Crippen molar-refractivity contribution >= 4 is 16.0 Å². The van der Waals surface area contributed by atoms with Crippen molar-refractivity contribution in [2.75, 3.05) is 6.54 Å². The lowest BCUT2D eigenvalue weighted by Gasteiger charge is -2.06. The van der Waals surface area contributed by atoms with E-state index in [0.29, 0.717) is 17.8 Å². The van der Waals surface area contributed by atoms with E-state index in [1.165, 1.54) is 30.7 Å². The molecular formula is C12H13N3O5S. The van der Waals surface area contributed by atoms with E-state index in [-0.39, 0.29) is 17.9 Å². The maximum atomic E-state index is 12.0. The first kappa shape index (κ1) is 15.1. The third kappa shape index (κ3) is 4.36. The van der Waals surface area contributed by atoms with Crippen LogP contribution in [0, 0.1) is 0 Å². The minimum atomic E-state index is -3.64. The monoisotopic (exact) mass is 311 g/mol. The summed E-state index contributed by atoms with van der Waals surface area (Å²) in [5.74, 6) is -0.557. The summed E-state index contributed by atoms with van der Waals surface area (Å²) >= 11 is 0. The van der Waals surface area contributed by atoms with Crippen LogP contribution in [0.2, 0.25) is 0 Å². The summed E-state index contributed by atoms with van der Waals surface area (Å²) in [4.78, 5) is 14.4. The van der Waals surface area contributed by atoms with E-state index >= 15 is 0 Å². The molecular weight excluding hydrogens is 298 g/mol.